The number of nitro benzene ring substituents is 1. The monoisotopic (exact) mass is 374 g/mol. The molecule has 0 saturated carbocycles. The Hall–Kier alpha value is -3.29. The van der Waals surface area contributed by atoms with Crippen LogP contribution in [0.25, 0.3) is 0 Å². The third-order valence-electron chi connectivity index (χ3n) is 4.13. The van der Waals surface area contributed by atoms with E-state index in [1.54, 1.807) is 26.4 Å². The maximum Gasteiger partial charge on any atom is 0.271 e. The number of nitrogens with zero attached hydrogens (tertiary/aromatic N) is 1. The molecule has 0 fully saturated rings. The molecule has 0 saturated heterocycles. The van der Waals surface area contributed by atoms with Crippen molar-refractivity contribution in [3.63, 3.8) is 0 Å². The molecule has 1 N–H and O–H groups in total. The lowest BCUT2D eigenvalue weighted by Crippen LogP contribution is -2.15. The number of ether oxygens (including phenoxy) is 3. The number of methoxy groups -OCH3 is 3. The Bertz CT molecular complexity index is 837. The molecule has 0 radical (unpaired) electrons. The van der Waals surface area contributed by atoms with E-state index in [2.05, 4.69) is 5.32 Å². The molecule has 0 aliphatic carbocycles. The minimum Gasteiger partial charge on any atom is -0.497 e. The Balaban J connectivity index is 2.16. The summed E-state index contributed by atoms with van der Waals surface area (Å²) in [5, 5.41) is 13.6. The van der Waals surface area contributed by atoms with E-state index in [4.69, 9.17) is 14.2 Å². The number of carbonyl (C=O) groups excluding carboxylic acids is 1. The molecule has 1 amide bonds. The van der Waals surface area contributed by atoms with Gasteiger partial charge in [-0.3, -0.25) is 14.9 Å². The van der Waals surface area contributed by atoms with Crippen LogP contribution in [0.1, 0.15) is 24.8 Å². The first-order valence-corrected chi connectivity index (χ1v) is 8.23. The van der Waals surface area contributed by atoms with Crippen LogP contribution >= 0.6 is 0 Å². The fourth-order valence-corrected chi connectivity index (χ4v) is 2.72. The molecule has 8 heteroatoms. The SMILES string of the molecule is COc1ccc(C(C)CC(=O)Nc2cc([N+](=O)[O-])ccc2OC)c(OC)c1. The molecule has 27 heavy (non-hydrogen) atoms. The first-order valence-electron chi connectivity index (χ1n) is 8.23. The third kappa shape index (κ3) is 4.87. The zero-order valence-corrected chi connectivity index (χ0v) is 15.6. The van der Waals surface area contributed by atoms with E-state index in [0.29, 0.717) is 17.2 Å². The molecule has 0 aromatic heterocycles. The van der Waals surface area contributed by atoms with Crippen LogP contribution in [0.5, 0.6) is 17.2 Å². The Morgan fingerprint density at radius 2 is 1.78 bits per heavy atom. The number of anilines is 1. The predicted octanol–water partition coefficient (Wildman–Crippen LogP) is 3.75. The zero-order chi connectivity index (χ0) is 20.0. The first-order chi connectivity index (χ1) is 12.9. The molecule has 144 valence electrons. The summed E-state index contributed by atoms with van der Waals surface area (Å²) in [6, 6.07) is 9.45. The van der Waals surface area contributed by atoms with E-state index >= 15 is 0 Å². The van der Waals surface area contributed by atoms with Crippen molar-refractivity contribution < 1.29 is 23.9 Å². The van der Waals surface area contributed by atoms with Crippen LogP contribution in [0.15, 0.2) is 36.4 Å². The summed E-state index contributed by atoms with van der Waals surface area (Å²) in [4.78, 5) is 22.9. The highest BCUT2D eigenvalue weighted by Crippen LogP contribution is 2.33. The number of nitro groups is 1. The van der Waals surface area contributed by atoms with Gasteiger partial charge in [0.25, 0.3) is 5.69 Å². The molecule has 8 nitrogen and oxygen atoms in total. The summed E-state index contributed by atoms with van der Waals surface area (Å²) in [5.74, 6) is 1.20. The standard InChI is InChI=1S/C19H22N2O6/c1-12(15-7-6-14(25-2)11-18(15)27-4)9-19(22)20-16-10-13(21(23)24)5-8-17(16)26-3/h5-8,10-12H,9H2,1-4H3,(H,20,22). The van der Waals surface area contributed by atoms with Crippen molar-refractivity contribution in [2.45, 2.75) is 19.3 Å². The number of benzene rings is 2. The Morgan fingerprint density at radius 3 is 2.37 bits per heavy atom. The van der Waals surface area contributed by atoms with Gasteiger partial charge >= 0.3 is 0 Å². The zero-order valence-electron chi connectivity index (χ0n) is 15.6. The highest BCUT2D eigenvalue weighted by Gasteiger charge is 2.18. The summed E-state index contributed by atoms with van der Waals surface area (Å²) in [5.41, 5.74) is 0.987. The lowest BCUT2D eigenvalue weighted by Gasteiger charge is -2.17. The predicted molar refractivity (Wildman–Crippen MR) is 101 cm³/mol. The fraction of sp³-hybridized carbons (Fsp3) is 0.316. The van der Waals surface area contributed by atoms with Gasteiger partial charge in [-0.1, -0.05) is 13.0 Å². The van der Waals surface area contributed by atoms with Crippen LogP contribution in [0.3, 0.4) is 0 Å². The lowest BCUT2D eigenvalue weighted by molar-refractivity contribution is -0.384. The smallest absolute Gasteiger partial charge is 0.271 e. The van der Waals surface area contributed by atoms with Gasteiger partial charge in [0.05, 0.1) is 31.9 Å². The number of non-ortho nitro benzene ring substituents is 1. The van der Waals surface area contributed by atoms with Gasteiger partial charge in [-0.05, 0) is 23.6 Å². The molecule has 0 heterocycles. The van der Waals surface area contributed by atoms with E-state index in [0.717, 1.165) is 5.56 Å². The topological polar surface area (TPSA) is 99.9 Å². The normalized spacial score (nSPS) is 11.4. The number of amides is 1. The first kappa shape index (κ1) is 20.0. The van der Waals surface area contributed by atoms with Crippen molar-refractivity contribution in [2.75, 3.05) is 26.6 Å². The van der Waals surface area contributed by atoms with Crippen molar-refractivity contribution in [1.82, 2.24) is 0 Å². The maximum atomic E-state index is 12.5. The average molecular weight is 374 g/mol. The van der Waals surface area contributed by atoms with Crippen molar-refractivity contribution in [2.24, 2.45) is 0 Å². The second kappa shape index (κ2) is 8.88. The highest BCUT2D eigenvalue weighted by atomic mass is 16.6. The van der Waals surface area contributed by atoms with Crippen LogP contribution in [-0.4, -0.2) is 32.2 Å². The van der Waals surface area contributed by atoms with Gasteiger partial charge in [-0.15, -0.1) is 0 Å². The van der Waals surface area contributed by atoms with E-state index in [9.17, 15) is 14.9 Å². The van der Waals surface area contributed by atoms with Gasteiger partial charge in [0.15, 0.2) is 0 Å². The van der Waals surface area contributed by atoms with Gasteiger partial charge in [0, 0.05) is 24.6 Å². The molecule has 1 unspecified atom stereocenters. The minimum atomic E-state index is -0.528. The van der Waals surface area contributed by atoms with Crippen LogP contribution in [0, 0.1) is 10.1 Å². The summed E-state index contributed by atoms with van der Waals surface area (Å²) in [6.07, 6.45) is 0.161. The van der Waals surface area contributed by atoms with Crippen molar-refractivity contribution in [3.8, 4) is 17.2 Å². The molecule has 0 aliphatic heterocycles. The molecule has 1 atom stereocenters. The number of hydrogen-bond acceptors (Lipinski definition) is 6. The van der Waals surface area contributed by atoms with Crippen LogP contribution in [0.2, 0.25) is 0 Å². The average Bonchev–Trinajstić information content (AvgIpc) is 2.66. The lowest BCUT2D eigenvalue weighted by atomic mass is 9.96. The summed E-state index contributed by atoms with van der Waals surface area (Å²) >= 11 is 0. The van der Waals surface area contributed by atoms with Crippen molar-refractivity contribution >= 4 is 17.3 Å². The number of nitrogens with one attached hydrogen (secondary N) is 1. The van der Waals surface area contributed by atoms with Gasteiger partial charge in [0.1, 0.15) is 17.2 Å². The van der Waals surface area contributed by atoms with E-state index < -0.39 is 4.92 Å². The molecular formula is C19H22N2O6. The Morgan fingerprint density at radius 1 is 1.07 bits per heavy atom. The van der Waals surface area contributed by atoms with Crippen molar-refractivity contribution in [1.29, 1.82) is 0 Å². The van der Waals surface area contributed by atoms with Gasteiger partial charge in [0.2, 0.25) is 5.91 Å². The van der Waals surface area contributed by atoms with Crippen molar-refractivity contribution in [3.05, 3.63) is 52.1 Å². The fourth-order valence-electron chi connectivity index (χ4n) is 2.72. The molecule has 2 aromatic rings. The van der Waals surface area contributed by atoms with Gasteiger partial charge in [-0.25, -0.2) is 0 Å². The van der Waals surface area contributed by atoms with Crippen LogP contribution in [-0.2, 0) is 4.79 Å². The molecule has 2 rings (SSSR count). The van der Waals surface area contributed by atoms with Gasteiger partial charge < -0.3 is 19.5 Å². The number of rotatable bonds is 8. The van der Waals surface area contributed by atoms with E-state index in [1.807, 2.05) is 13.0 Å². The summed E-state index contributed by atoms with van der Waals surface area (Å²) in [6.45, 7) is 1.90. The second-order valence-corrected chi connectivity index (χ2v) is 5.90. The van der Waals surface area contributed by atoms with E-state index in [-0.39, 0.29) is 29.6 Å². The van der Waals surface area contributed by atoms with E-state index in [1.165, 1.54) is 25.3 Å². The Labute approximate surface area is 157 Å². The quantitative estimate of drug-likeness (QED) is 0.558. The summed E-state index contributed by atoms with van der Waals surface area (Å²) < 4.78 is 15.7. The highest BCUT2D eigenvalue weighted by molar-refractivity contribution is 5.93. The third-order valence-corrected chi connectivity index (χ3v) is 4.13. The molecule has 2 aromatic carbocycles. The number of carbonyl (C=O) groups is 1. The minimum absolute atomic E-state index is 0.129. The summed E-state index contributed by atoms with van der Waals surface area (Å²) in [7, 11) is 4.55. The molecular weight excluding hydrogens is 352 g/mol. The van der Waals surface area contributed by atoms with Crippen LogP contribution in [0.4, 0.5) is 11.4 Å². The number of hydrogen-bond donors (Lipinski definition) is 1. The maximum absolute atomic E-state index is 12.5. The molecule has 0 aliphatic rings. The van der Waals surface area contributed by atoms with Crippen LogP contribution < -0.4 is 19.5 Å². The molecule has 0 bridgehead atoms. The largest absolute Gasteiger partial charge is 0.497 e. The Kier molecular flexibility index (Phi) is 6.59. The molecule has 0 spiro atoms. The van der Waals surface area contributed by atoms with Gasteiger partial charge in [-0.2, -0.15) is 0 Å². The second-order valence-electron chi connectivity index (χ2n) is 5.90.